The smallest absolute Gasteiger partial charge is 0.230 e. The minimum atomic E-state index is -0.368. The topological polar surface area (TPSA) is 49.4 Å². The zero-order chi connectivity index (χ0) is 16.8. The van der Waals surface area contributed by atoms with E-state index < -0.39 is 0 Å². The fourth-order valence-electron chi connectivity index (χ4n) is 3.86. The Morgan fingerprint density at radius 2 is 1.62 bits per heavy atom. The predicted octanol–water partition coefficient (Wildman–Crippen LogP) is 3.02. The maximum absolute atomic E-state index is 12.7. The van der Waals surface area contributed by atoms with Crippen molar-refractivity contribution in [1.82, 2.24) is 10.2 Å². The number of likely N-dealkylation sites (tertiary alicyclic amines) is 1. The van der Waals surface area contributed by atoms with Gasteiger partial charge in [0, 0.05) is 26.1 Å². The van der Waals surface area contributed by atoms with Crippen LogP contribution in [-0.4, -0.2) is 36.3 Å². The first-order chi connectivity index (χ1) is 11.7. The van der Waals surface area contributed by atoms with Crippen LogP contribution in [0, 0.1) is 0 Å². The molecule has 1 N–H and O–H groups in total. The van der Waals surface area contributed by atoms with Gasteiger partial charge in [-0.2, -0.15) is 0 Å². The van der Waals surface area contributed by atoms with Gasteiger partial charge in [-0.25, -0.2) is 0 Å². The number of hydrogen-bond donors (Lipinski definition) is 1. The van der Waals surface area contributed by atoms with Crippen LogP contribution in [0.3, 0.4) is 0 Å². The Morgan fingerprint density at radius 3 is 2.21 bits per heavy atom. The molecule has 0 bridgehead atoms. The lowest BCUT2D eigenvalue weighted by molar-refractivity contribution is -0.132. The van der Waals surface area contributed by atoms with E-state index in [9.17, 15) is 9.59 Å². The Labute approximate surface area is 144 Å². The van der Waals surface area contributed by atoms with Gasteiger partial charge in [-0.1, -0.05) is 49.6 Å². The summed E-state index contributed by atoms with van der Waals surface area (Å²) in [6.45, 7) is 2.20. The minimum absolute atomic E-state index is 0.0867. The molecule has 4 heteroatoms. The molecular formula is C20H28N2O2. The number of benzene rings is 1. The van der Waals surface area contributed by atoms with Gasteiger partial charge in [0.05, 0.1) is 5.41 Å². The van der Waals surface area contributed by atoms with Crippen LogP contribution in [0.5, 0.6) is 0 Å². The molecule has 2 aliphatic rings. The molecule has 130 valence electrons. The number of nitrogens with one attached hydrogen (secondary N) is 1. The molecule has 0 unspecified atom stereocenters. The van der Waals surface area contributed by atoms with Crippen molar-refractivity contribution in [3.8, 4) is 0 Å². The Balaban J connectivity index is 1.51. The van der Waals surface area contributed by atoms with E-state index in [0.29, 0.717) is 13.0 Å². The normalized spacial score (nSPS) is 19.9. The molecule has 1 heterocycles. The molecule has 0 atom stereocenters. The van der Waals surface area contributed by atoms with Crippen LogP contribution in [-0.2, 0) is 15.0 Å². The molecule has 1 aromatic rings. The Bertz CT molecular complexity index is 558. The van der Waals surface area contributed by atoms with Crippen LogP contribution < -0.4 is 5.32 Å². The standard InChI is InChI=1S/C20H28N2O2/c23-18(22-15-6-1-2-7-16-22)11-14-21-19(24)20(12-8-13-20)17-9-4-3-5-10-17/h3-5,9-10H,1-2,6-8,11-16H2,(H,21,24). The quantitative estimate of drug-likeness (QED) is 0.903. The molecule has 4 nitrogen and oxygen atoms in total. The van der Waals surface area contributed by atoms with Crippen molar-refractivity contribution in [2.45, 2.75) is 56.8 Å². The Hall–Kier alpha value is -1.84. The zero-order valence-corrected chi connectivity index (χ0v) is 14.4. The van der Waals surface area contributed by atoms with Gasteiger partial charge < -0.3 is 10.2 Å². The van der Waals surface area contributed by atoms with Crippen molar-refractivity contribution in [3.05, 3.63) is 35.9 Å². The summed E-state index contributed by atoms with van der Waals surface area (Å²) in [6.07, 6.45) is 7.97. The molecule has 3 rings (SSSR count). The first-order valence-corrected chi connectivity index (χ1v) is 9.34. The predicted molar refractivity (Wildman–Crippen MR) is 94.6 cm³/mol. The molecule has 0 spiro atoms. The molecule has 1 saturated carbocycles. The maximum atomic E-state index is 12.7. The van der Waals surface area contributed by atoms with Crippen LogP contribution in [0.1, 0.15) is 56.9 Å². The number of carbonyl (C=O) groups excluding carboxylic acids is 2. The average molecular weight is 328 g/mol. The molecule has 0 radical (unpaired) electrons. The largest absolute Gasteiger partial charge is 0.355 e. The summed E-state index contributed by atoms with van der Waals surface area (Å²) in [4.78, 5) is 27.0. The highest BCUT2D eigenvalue weighted by Crippen LogP contribution is 2.43. The monoisotopic (exact) mass is 328 g/mol. The van der Waals surface area contributed by atoms with Crippen molar-refractivity contribution in [2.24, 2.45) is 0 Å². The third-order valence-corrected chi connectivity index (χ3v) is 5.55. The van der Waals surface area contributed by atoms with Crippen LogP contribution in [0.15, 0.2) is 30.3 Å². The van der Waals surface area contributed by atoms with Crippen LogP contribution in [0.2, 0.25) is 0 Å². The fraction of sp³-hybridized carbons (Fsp3) is 0.600. The molecule has 1 aliphatic heterocycles. The van der Waals surface area contributed by atoms with E-state index in [0.717, 1.165) is 50.8 Å². The van der Waals surface area contributed by atoms with Gasteiger partial charge in [0.2, 0.25) is 11.8 Å². The SMILES string of the molecule is O=C(CCNC(=O)C1(c2ccccc2)CCC1)N1CCCCCC1. The number of carbonyl (C=O) groups is 2. The number of rotatable bonds is 5. The highest BCUT2D eigenvalue weighted by atomic mass is 16.2. The summed E-state index contributed by atoms with van der Waals surface area (Å²) in [7, 11) is 0. The second-order valence-corrected chi connectivity index (χ2v) is 7.10. The molecule has 24 heavy (non-hydrogen) atoms. The van der Waals surface area contributed by atoms with E-state index in [2.05, 4.69) is 5.32 Å². The lowest BCUT2D eigenvalue weighted by atomic mass is 9.64. The number of hydrogen-bond acceptors (Lipinski definition) is 2. The minimum Gasteiger partial charge on any atom is -0.355 e. The number of amides is 2. The van der Waals surface area contributed by atoms with Gasteiger partial charge in [0.1, 0.15) is 0 Å². The van der Waals surface area contributed by atoms with Crippen molar-refractivity contribution >= 4 is 11.8 Å². The van der Waals surface area contributed by atoms with E-state index >= 15 is 0 Å². The summed E-state index contributed by atoms with van der Waals surface area (Å²) in [5.74, 6) is 0.267. The Kier molecular flexibility index (Phi) is 5.54. The van der Waals surface area contributed by atoms with Crippen molar-refractivity contribution in [2.75, 3.05) is 19.6 Å². The molecule has 0 aromatic heterocycles. The third kappa shape index (κ3) is 3.63. The first-order valence-electron chi connectivity index (χ1n) is 9.34. The van der Waals surface area contributed by atoms with Gasteiger partial charge in [-0.3, -0.25) is 9.59 Å². The fourth-order valence-corrected chi connectivity index (χ4v) is 3.86. The average Bonchev–Trinajstić information content (AvgIpc) is 2.84. The van der Waals surface area contributed by atoms with E-state index in [4.69, 9.17) is 0 Å². The van der Waals surface area contributed by atoms with E-state index in [-0.39, 0.29) is 17.2 Å². The molecular weight excluding hydrogens is 300 g/mol. The van der Waals surface area contributed by atoms with Crippen molar-refractivity contribution in [1.29, 1.82) is 0 Å². The zero-order valence-electron chi connectivity index (χ0n) is 14.4. The highest BCUT2D eigenvalue weighted by molar-refractivity contribution is 5.89. The molecule has 1 aliphatic carbocycles. The lowest BCUT2D eigenvalue weighted by Crippen LogP contribution is -2.49. The number of nitrogens with zero attached hydrogens (tertiary/aromatic N) is 1. The summed E-state index contributed by atoms with van der Waals surface area (Å²) in [5.41, 5.74) is 0.736. The third-order valence-electron chi connectivity index (χ3n) is 5.55. The summed E-state index contributed by atoms with van der Waals surface area (Å²) >= 11 is 0. The van der Waals surface area contributed by atoms with Crippen LogP contribution in [0.25, 0.3) is 0 Å². The van der Waals surface area contributed by atoms with E-state index in [1.54, 1.807) is 0 Å². The summed E-state index contributed by atoms with van der Waals surface area (Å²) in [6, 6.07) is 10.0. The molecule has 1 aromatic carbocycles. The van der Waals surface area contributed by atoms with Crippen LogP contribution >= 0.6 is 0 Å². The summed E-state index contributed by atoms with van der Waals surface area (Å²) < 4.78 is 0. The maximum Gasteiger partial charge on any atom is 0.230 e. The van der Waals surface area contributed by atoms with Crippen molar-refractivity contribution < 1.29 is 9.59 Å². The highest BCUT2D eigenvalue weighted by Gasteiger charge is 2.45. The van der Waals surface area contributed by atoms with Crippen molar-refractivity contribution in [3.63, 3.8) is 0 Å². The molecule has 2 fully saturated rings. The van der Waals surface area contributed by atoms with Gasteiger partial charge >= 0.3 is 0 Å². The van der Waals surface area contributed by atoms with Crippen LogP contribution in [0.4, 0.5) is 0 Å². The summed E-state index contributed by atoms with van der Waals surface area (Å²) in [5, 5.41) is 3.02. The lowest BCUT2D eigenvalue weighted by Gasteiger charge is -2.40. The van der Waals surface area contributed by atoms with Gasteiger partial charge in [-0.05, 0) is 31.2 Å². The van der Waals surface area contributed by atoms with E-state index in [1.807, 2.05) is 35.2 Å². The second-order valence-electron chi connectivity index (χ2n) is 7.10. The van der Waals surface area contributed by atoms with Gasteiger partial charge in [-0.15, -0.1) is 0 Å². The second kappa shape index (κ2) is 7.82. The molecule has 1 saturated heterocycles. The Morgan fingerprint density at radius 1 is 0.958 bits per heavy atom. The first kappa shape index (κ1) is 17.0. The van der Waals surface area contributed by atoms with Gasteiger partial charge in [0.25, 0.3) is 0 Å². The van der Waals surface area contributed by atoms with Gasteiger partial charge in [0.15, 0.2) is 0 Å². The van der Waals surface area contributed by atoms with E-state index in [1.165, 1.54) is 12.8 Å². The molecule has 2 amide bonds.